The van der Waals surface area contributed by atoms with Crippen molar-refractivity contribution >= 4 is 23.2 Å². The highest BCUT2D eigenvalue weighted by Crippen LogP contribution is 2.26. The van der Waals surface area contributed by atoms with Gasteiger partial charge in [0.25, 0.3) is 0 Å². The highest BCUT2D eigenvalue weighted by molar-refractivity contribution is 6.30. The van der Waals surface area contributed by atoms with Gasteiger partial charge in [0.05, 0.1) is 5.69 Å². The van der Waals surface area contributed by atoms with E-state index in [0.29, 0.717) is 34.7 Å². The zero-order valence-electron chi connectivity index (χ0n) is 19.2. The van der Waals surface area contributed by atoms with Crippen LogP contribution in [0.25, 0.3) is 5.69 Å². The van der Waals surface area contributed by atoms with Gasteiger partial charge in [-0.2, -0.15) is 10.4 Å². The van der Waals surface area contributed by atoms with Gasteiger partial charge in [0, 0.05) is 36.4 Å². The van der Waals surface area contributed by atoms with Crippen molar-refractivity contribution in [3.8, 4) is 11.8 Å². The van der Waals surface area contributed by atoms with Gasteiger partial charge in [-0.25, -0.2) is 4.68 Å². The number of carbonyl (C=O) groups excluding carboxylic acids is 1. The summed E-state index contributed by atoms with van der Waals surface area (Å²) in [5.74, 6) is 0.222. The van der Waals surface area contributed by atoms with E-state index in [-0.39, 0.29) is 17.0 Å². The predicted octanol–water partition coefficient (Wildman–Crippen LogP) is 4.51. The van der Waals surface area contributed by atoms with E-state index in [0.717, 1.165) is 44.6 Å². The summed E-state index contributed by atoms with van der Waals surface area (Å²) in [6.07, 6.45) is 2.91. The molecule has 0 aliphatic carbocycles. The van der Waals surface area contributed by atoms with Gasteiger partial charge in [0.2, 0.25) is 5.78 Å². The van der Waals surface area contributed by atoms with Crippen LogP contribution in [0.3, 0.4) is 0 Å². The largest absolute Gasteiger partial charge is 0.381 e. The molecular formula is C26H28ClN5O2. The molecule has 0 atom stereocenters. The number of rotatable bonds is 9. The zero-order valence-corrected chi connectivity index (χ0v) is 19.9. The highest BCUT2D eigenvalue weighted by atomic mass is 35.5. The van der Waals surface area contributed by atoms with Gasteiger partial charge < -0.3 is 15.4 Å². The number of aromatic nitrogens is 2. The molecule has 34 heavy (non-hydrogen) atoms. The van der Waals surface area contributed by atoms with Crippen LogP contribution in [0.4, 0.5) is 5.82 Å². The van der Waals surface area contributed by atoms with Gasteiger partial charge in [0.15, 0.2) is 5.69 Å². The molecule has 2 N–H and O–H groups in total. The Morgan fingerprint density at radius 1 is 1.15 bits per heavy atom. The highest BCUT2D eigenvalue weighted by Gasteiger charge is 2.25. The SMILES string of the molecule is Cc1ccc(C(=O)c2nn(-c3ccc(Cl)cc3)c(NCCCNC3CCOCC3)c2C#N)cc1. The van der Waals surface area contributed by atoms with Gasteiger partial charge in [-0.05, 0) is 57.0 Å². The monoisotopic (exact) mass is 477 g/mol. The number of aryl methyl sites for hydroxylation is 1. The summed E-state index contributed by atoms with van der Waals surface area (Å²) >= 11 is 6.06. The van der Waals surface area contributed by atoms with Gasteiger partial charge in [-0.3, -0.25) is 4.79 Å². The molecule has 2 heterocycles. The minimum atomic E-state index is -0.284. The number of ketones is 1. The van der Waals surface area contributed by atoms with E-state index in [9.17, 15) is 10.1 Å². The third kappa shape index (κ3) is 5.65. The Morgan fingerprint density at radius 3 is 2.53 bits per heavy atom. The molecule has 1 aliphatic rings. The zero-order chi connectivity index (χ0) is 23.9. The van der Waals surface area contributed by atoms with Crippen LogP contribution in [-0.2, 0) is 4.74 Å². The van der Waals surface area contributed by atoms with E-state index in [4.69, 9.17) is 16.3 Å². The van der Waals surface area contributed by atoms with Crippen molar-refractivity contribution in [2.45, 2.75) is 32.2 Å². The molecule has 3 aromatic rings. The number of hydrogen-bond acceptors (Lipinski definition) is 6. The molecule has 0 spiro atoms. The molecule has 0 unspecified atom stereocenters. The fraction of sp³-hybridized carbons (Fsp3) is 0.346. The summed E-state index contributed by atoms with van der Waals surface area (Å²) in [6.45, 7) is 5.05. The lowest BCUT2D eigenvalue weighted by atomic mass is 10.0. The smallest absolute Gasteiger partial charge is 0.214 e. The van der Waals surface area contributed by atoms with Crippen molar-refractivity contribution < 1.29 is 9.53 Å². The van der Waals surface area contributed by atoms with Gasteiger partial charge >= 0.3 is 0 Å². The number of nitriles is 1. The molecule has 4 rings (SSSR count). The Hall–Kier alpha value is -3.18. The maximum absolute atomic E-state index is 13.2. The van der Waals surface area contributed by atoms with E-state index in [1.54, 1.807) is 28.9 Å². The molecule has 1 saturated heterocycles. The maximum Gasteiger partial charge on any atom is 0.214 e. The molecule has 1 aliphatic heterocycles. The summed E-state index contributed by atoms with van der Waals surface area (Å²) in [4.78, 5) is 13.2. The summed E-state index contributed by atoms with van der Waals surface area (Å²) in [7, 11) is 0. The van der Waals surface area contributed by atoms with Crippen molar-refractivity contribution in [2.75, 3.05) is 31.6 Å². The number of ether oxygens (including phenoxy) is 1. The van der Waals surface area contributed by atoms with Crippen molar-refractivity contribution in [3.05, 3.63) is 75.9 Å². The molecule has 0 amide bonds. The summed E-state index contributed by atoms with van der Waals surface area (Å²) in [6, 6.07) is 17.1. The van der Waals surface area contributed by atoms with Crippen molar-refractivity contribution in [1.82, 2.24) is 15.1 Å². The van der Waals surface area contributed by atoms with Crippen LogP contribution in [-0.4, -0.2) is 47.9 Å². The lowest BCUT2D eigenvalue weighted by Crippen LogP contribution is -2.35. The average Bonchev–Trinajstić information content (AvgIpc) is 3.23. The van der Waals surface area contributed by atoms with Crippen molar-refractivity contribution in [2.24, 2.45) is 0 Å². The van der Waals surface area contributed by atoms with E-state index in [1.165, 1.54) is 0 Å². The van der Waals surface area contributed by atoms with Crippen LogP contribution in [0, 0.1) is 18.3 Å². The molecule has 1 fully saturated rings. The van der Waals surface area contributed by atoms with E-state index < -0.39 is 0 Å². The molecule has 0 bridgehead atoms. The van der Waals surface area contributed by atoms with Gasteiger partial charge in [0.1, 0.15) is 17.5 Å². The minimum absolute atomic E-state index is 0.129. The normalized spacial score (nSPS) is 14.0. The second kappa shape index (κ2) is 11.3. The minimum Gasteiger partial charge on any atom is -0.381 e. The first-order valence-electron chi connectivity index (χ1n) is 11.5. The number of nitrogens with one attached hydrogen (secondary N) is 2. The first-order chi connectivity index (χ1) is 16.6. The average molecular weight is 478 g/mol. The molecule has 0 saturated carbocycles. The third-order valence-corrected chi connectivity index (χ3v) is 6.15. The Labute approximate surface area is 204 Å². The van der Waals surface area contributed by atoms with Crippen LogP contribution < -0.4 is 10.6 Å². The van der Waals surface area contributed by atoms with Crippen LogP contribution in [0.1, 0.15) is 46.4 Å². The molecule has 8 heteroatoms. The Morgan fingerprint density at radius 2 is 1.85 bits per heavy atom. The van der Waals surface area contributed by atoms with Crippen molar-refractivity contribution in [3.63, 3.8) is 0 Å². The summed E-state index contributed by atoms with van der Waals surface area (Å²) in [5, 5.41) is 22.0. The fourth-order valence-electron chi connectivity index (χ4n) is 3.96. The fourth-order valence-corrected chi connectivity index (χ4v) is 4.09. The lowest BCUT2D eigenvalue weighted by molar-refractivity contribution is 0.0781. The third-order valence-electron chi connectivity index (χ3n) is 5.90. The summed E-state index contributed by atoms with van der Waals surface area (Å²) < 4.78 is 7.02. The number of hydrogen-bond donors (Lipinski definition) is 2. The predicted molar refractivity (Wildman–Crippen MR) is 133 cm³/mol. The lowest BCUT2D eigenvalue weighted by Gasteiger charge is -2.23. The number of nitrogens with zero attached hydrogens (tertiary/aromatic N) is 3. The molecule has 2 aromatic carbocycles. The molecule has 1 aromatic heterocycles. The Balaban J connectivity index is 1.56. The Bertz CT molecular complexity index is 1160. The molecule has 176 valence electrons. The van der Waals surface area contributed by atoms with Gasteiger partial charge in [-0.15, -0.1) is 0 Å². The second-order valence-electron chi connectivity index (χ2n) is 8.39. The van der Waals surface area contributed by atoms with Crippen molar-refractivity contribution in [1.29, 1.82) is 5.26 Å². The second-order valence-corrected chi connectivity index (χ2v) is 8.82. The topological polar surface area (TPSA) is 92.0 Å². The number of benzene rings is 2. The van der Waals surface area contributed by atoms with Crippen LogP contribution >= 0.6 is 11.6 Å². The molecule has 0 radical (unpaired) electrons. The first kappa shape index (κ1) is 24.0. The van der Waals surface area contributed by atoms with Gasteiger partial charge in [-0.1, -0.05) is 41.4 Å². The molecule has 7 nitrogen and oxygen atoms in total. The number of halogens is 1. The quantitative estimate of drug-likeness (QED) is 0.348. The maximum atomic E-state index is 13.2. The van der Waals surface area contributed by atoms with Crippen LogP contribution in [0.5, 0.6) is 0 Å². The van der Waals surface area contributed by atoms with Crippen LogP contribution in [0.2, 0.25) is 5.02 Å². The standard InChI is InChI=1S/C26H28ClN5O2/c1-18-3-5-19(6-4-18)25(33)24-23(17-28)26(32(31-24)22-9-7-20(27)8-10-22)30-14-2-13-29-21-11-15-34-16-12-21/h3-10,21,29-30H,2,11-16H2,1H3. The number of carbonyl (C=O) groups is 1. The van der Waals surface area contributed by atoms with E-state index in [1.807, 2.05) is 31.2 Å². The first-order valence-corrected chi connectivity index (χ1v) is 11.9. The number of anilines is 1. The van der Waals surface area contributed by atoms with E-state index in [2.05, 4.69) is 21.8 Å². The van der Waals surface area contributed by atoms with Crippen LogP contribution in [0.15, 0.2) is 48.5 Å². The Kier molecular flexibility index (Phi) is 7.96. The summed E-state index contributed by atoms with van der Waals surface area (Å²) in [5.41, 5.74) is 2.63. The molecular weight excluding hydrogens is 450 g/mol. The van der Waals surface area contributed by atoms with E-state index >= 15 is 0 Å².